The lowest BCUT2D eigenvalue weighted by Gasteiger charge is -2.37. The van der Waals surface area contributed by atoms with Gasteiger partial charge in [0, 0.05) is 14.7 Å². The van der Waals surface area contributed by atoms with Crippen molar-refractivity contribution >= 4 is 16.4 Å². The standard InChI is InChI=1S/C27H50O3Si2/c1-22(18-30-32(10,11)27(4,5)6)17-23(2)26(24(3)20-31(7,8)9)29-21-28-19-25-15-13-12-14-16-25/h12-16,22-23,26H,3,17-21H2,1-2,4-11H3/t22-,23+,26+/m1/s1. The van der Waals surface area contributed by atoms with Gasteiger partial charge in [0.1, 0.15) is 6.79 Å². The van der Waals surface area contributed by atoms with Crippen LogP contribution in [0.25, 0.3) is 0 Å². The Morgan fingerprint density at radius 2 is 1.59 bits per heavy atom. The third-order valence-corrected chi connectivity index (χ3v) is 12.4. The second-order valence-corrected chi connectivity index (χ2v) is 22.6. The van der Waals surface area contributed by atoms with Gasteiger partial charge in [-0.25, -0.2) is 0 Å². The first-order valence-electron chi connectivity index (χ1n) is 12.2. The molecule has 0 bridgehead atoms. The zero-order chi connectivity index (χ0) is 24.6. The van der Waals surface area contributed by atoms with E-state index in [0.29, 0.717) is 25.2 Å². The second-order valence-electron chi connectivity index (χ2n) is 12.3. The Morgan fingerprint density at radius 1 is 1.00 bits per heavy atom. The molecule has 0 aliphatic carbocycles. The van der Waals surface area contributed by atoms with E-state index >= 15 is 0 Å². The van der Waals surface area contributed by atoms with E-state index in [1.54, 1.807) is 0 Å². The quantitative estimate of drug-likeness (QED) is 0.117. The minimum Gasteiger partial charge on any atom is -0.417 e. The minimum absolute atomic E-state index is 0.0211. The molecule has 0 unspecified atom stereocenters. The molecule has 184 valence electrons. The molecule has 3 atom stereocenters. The van der Waals surface area contributed by atoms with E-state index < -0.39 is 16.4 Å². The van der Waals surface area contributed by atoms with Crippen molar-refractivity contribution in [3.05, 3.63) is 48.0 Å². The molecule has 0 aromatic heterocycles. The molecule has 1 aromatic rings. The molecule has 32 heavy (non-hydrogen) atoms. The van der Waals surface area contributed by atoms with Crippen molar-refractivity contribution in [2.45, 2.75) is 97.6 Å². The van der Waals surface area contributed by atoms with Crippen molar-refractivity contribution in [1.82, 2.24) is 0 Å². The van der Waals surface area contributed by atoms with Gasteiger partial charge in [-0.1, -0.05) is 96.7 Å². The van der Waals surface area contributed by atoms with E-state index in [9.17, 15) is 0 Å². The molecule has 0 spiro atoms. The van der Waals surface area contributed by atoms with E-state index in [0.717, 1.165) is 24.6 Å². The lowest BCUT2D eigenvalue weighted by atomic mass is 9.90. The fourth-order valence-corrected chi connectivity index (χ4v) is 6.41. The lowest BCUT2D eigenvalue weighted by molar-refractivity contribution is -0.100. The molecule has 0 aliphatic rings. The third kappa shape index (κ3) is 10.9. The predicted octanol–water partition coefficient (Wildman–Crippen LogP) is 8.12. The molecular formula is C27H50O3Si2. The number of hydrogen-bond donors (Lipinski definition) is 0. The summed E-state index contributed by atoms with van der Waals surface area (Å²) in [5.41, 5.74) is 2.38. The second kappa shape index (κ2) is 12.7. The van der Waals surface area contributed by atoms with Crippen molar-refractivity contribution in [1.29, 1.82) is 0 Å². The molecule has 0 aliphatic heterocycles. The summed E-state index contributed by atoms with van der Waals surface area (Å²) in [5, 5.41) is 0.242. The van der Waals surface area contributed by atoms with Crippen molar-refractivity contribution in [3.8, 4) is 0 Å². The monoisotopic (exact) mass is 478 g/mol. The molecule has 0 saturated heterocycles. The Bertz CT molecular complexity index is 674. The molecule has 5 heteroatoms. The summed E-state index contributed by atoms with van der Waals surface area (Å²) >= 11 is 0. The average molecular weight is 479 g/mol. The Balaban J connectivity index is 2.68. The Morgan fingerprint density at radius 3 is 2.12 bits per heavy atom. The molecule has 0 amide bonds. The number of hydrogen-bond acceptors (Lipinski definition) is 3. The van der Waals surface area contributed by atoms with Crippen LogP contribution >= 0.6 is 0 Å². The molecule has 0 fully saturated rings. The topological polar surface area (TPSA) is 27.7 Å². The molecule has 0 heterocycles. The van der Waals surface area contributed by atoms with Crippen molar-refractivity contribution < 1.29 is 13.9 Å². The van der Waals surface area contributed by atoms with Crippen LogP contribution in [-0.2, 0) is 20.5 Å². The van der Waals surface area contributed by atoms with E-state index in [1.165, 1.54) is 5.57 Å². The van der Waals surface area contributed by atoms with Crippen molar-refractivity contribution in [2.24, 2.45) is 11.8 Å². The first kappa shape index (κ1) is 29.3. The van der Waals surface area contributed by atoms with Gasteiger partial charge < -0.3 is 13.9 Å². The molecule has 0 radical (unpaired) electrons. The van der Waals surface area contributed by atoms with Crippen LogP contribution in [0.3, 0.4) is 0 Å². The fourth-order valence-electron chi connectivity index (χ4n) is 3.71. The maximum absolute atomic E-state index is 6.48. The number of ether oxygens (including phenoxy) is 2. The average Bonchev–Trinajstić information content (AvgIpc) is 2.64. The Kier molecular flexibility index (Phi) is 11.6. The van der Waals surface area contributed by atoms with Gasteiger partial charge in [0.2, 0.25) is 0 Å². The molecule has 3 nitrogen and oxygen atoms in total. The van der Waals surface area contributed by atoms with Crippen LogP contribution in [0.4, 0.5) is 0 Å². The Labute approximate surface area is 201 Å². The van der Waals surface area contributed by atoms with E-state index in [1.807, 2.05) is 18.2 Å². The molecule has 1 aromatic carbocycles. The smallest absolute Gasteiger partial charge is 0.191 e. The van der Waals surface area contributed by atoms with Crippen LogP contribution < -0.4 is 0 Å². The van der Waals surface area contributed by atoms with Crippen LogP contribution in [-0.4, -0.2) is 35.9 Å². The largest absolute Gasteiger partial charge is 0.417 e. The van der Waals surface area contributed by atoms with Gasteiger partial charge in [-0.2, -0.15) is 0 Å². The first-order chi connectivity index (χ1) is 14.6. The summed E-state index contributed by atoms with van der Waals surface area (Å²) in [6, 6.07) is 11.3. The summed E-state index contributed by atoms with van der Waals surface area (Å²) in [6.45, 7) is 29.4. The third-order valence-electron chi connectivity index (χ3n) is 6.43. The van der Waals surface area contributed by atoms with E-state index in [2.05, 4.69) is 86.1 Å². The molecule has 0 N–H and O–H groups in total. The van der Waals surface area contributed by atoms with Crippen molar-refractivity contribution in [2.75, 3.05) is 13.4 Å². The van der Waals surface area contributed by atoms with Gasteiger partial charge in [-0.3, -0.25) is 0 Å². The van der Waals surface area contributed by atoms with Gasteiger partial charge >= 0.3 is 0 Å². The zero-order valence-corrected chi connectivity index (χ0v) is 24.6. The van der Waals surface area contributed by atoms with Gasteiger partial charge in [0.15, 0.2) is 8.32 Å². The van der Waals surface area contributed by atoms with Crippen LogP contribution in [0.2, 0.25) is 43.8 Å². The molecular weight excluding hydrogens is 428 g/mol. The highest BCUT2D eigenvalue weighted by atomic mass is 28.4. The molecule has 0 saturated carbocycles. The normalized spacial score (nSPS) is 15.9. The lowest BCUT2D eigenvalue weighted by Crippen LogP contribution is -2.42. The molecule has 1 rings (SSSR count). The Hall–Kier alpha value is -0.726. The zero-order valence-electron chi connectivity index (χ0n) is 22.6. The fraction of sp³-hybridized carbons (Fsp3) is 0.704. The van der Waals surface area contributed by atoms with E-state index in [-0.39, 0.29) is 11.1 Å². The number of rotatable bonds is 14. The van der Waals surface area contributed by atoms with Crippen molar-refractivity contribution in [3.63, 3.8) is 0 Å². The summed E-state index contributed by atoms with van der Waals surface area (Å²) < 4.78 is 18.6. The van der Waals surface area contributed by atoms with Crippen LogP contribution in [0, 0.1) is 11.8 Å². The summed E-state index contributed by atoms with van der Waals surface area (Å²) in [6.07, 6.45) is 1.08. The highest BCUT2D eigenvalue weighted by molar-refractivity contribution is 6.76. The maximum atomic E-state index is 6.48. The SMILES string of the molecule is C=C(C[Si](C)(C)C)[C@@H](OCOCc1ccccc1)[C@@H](C)C[C@@H](C)CO[Si](C)(C)C(C)(C)C. The van der Waals surface area contributed by atoms with Crippen LogP contribution in [0.15, 0.2) is 42.5 Å². The van der Waals surface area contributed by atoms with Gasteiger partial charge in [-0.05, 0) is 48.0 Å². The summed E-state index contributed by atoms with van der Waals surface area (Å²) in [5.74, 6) is 0.854. The summed E-state index contributed by atoms with van der Waals surface area (Å²) in [7, 11) is -2.99. The highest BCUT2D eigenvalue weighted by Gasteiger charge is 2.37. The van der Waals surface area contributed by atoms with E-state index in [4.69, 9.17) is 13.9 Å². The number of benzene rings is 1. The highest BCUT2D eigenvalue weighted by Crippen LogP contribution is 2.37. The summed E-state index contributed by atoms with van der Waals surface area (Å²) in [4.78, 5) is 0. The van der Waals surface area contributed by atoms with Gasteiger partial charge in [0.25, 0.3) is 0 Å². The van der Waals surface area contributed by atoms with Crippen LogP contribution in [0.1, 0.15) is 46.6 Å². The maximum Gasteiger partial charge on any atom is 0.191 e. The van der Waals surface area contributed by atoms with Gasteiger partial charge in [0.05, 0.1) is 12.7 Å². The minimum atomic E-state index is -1.72. The van der Waals surface area contributed by atoms with Crippen LogP contribution in [0.5, 0.6) is 0 Å². The predicted molar refractivity (Wildman–Crippen MR) is 144 cm³/mol. The van der Waals surface area contributed by atoms with Gasteiger partial charge in [-0.15, -0.1) is 0 Å². The first-order valence-corrected chi connectivity index (χ1v) is 18.8.